The number of methoxy groups -OCH3 is 1. The van der Waals surface area contributed by atoms with Gasteiger partial charge in [-0.1, -0.05) is 142 Å². The number of thioether (sulfide) groups is 1. The second-order valence-corrected chi connectivity index (χ2v) is 21.7. The smallest absolute Gasteiger partial charge is 0.338 e. The number of ether oxygens (including phenoxy) is 2. The zero-order valence-corrected chi connectivity index (χ0v) is 43.5. The summed E-state index contributed by atoms with van der Waals surface area (Å²) < 4.78 is 10.9. The Bertz CT molecular complexity index is 2310. The van der Waals surface area contributed by atoms with Crippen LogP contribution in [0.3, 0.4) is 0 Å². The van der Waals surface area contributed by atoms with Gasteiger partial charge in [-0.15, -0.1) is 0 Å². The monoisotopic (exact) mass is 922 g/mol. The Morgan fingerprint density at radius 2 is 1.11 bits per heavy atom. The van der Waals surface area contributed by atoms with Gasteiger partial charge in [0.1, 0.15) is 12.4 Å². The Balaban J connectivity index is 0.000000291. The molecule has 8 nitrogen and oxygen atoms in total. The van der Waals surface area contributed by atoms with E-state index in [2.05, 4.69) is 135 Å². The van der Waals surface area contributed by atoms with Crippen LogP contribution in [0.4, 0.5) is 4.79 Å². The van der Waals surface area contributed by atoms with Crippen LogP contribution in [0.15, 0.2) is 72.8 Å². The van der Waals surface area contributed by atoms with Crippen molar-refractivity contribution in [2.75, 3.05) is 13.7 Å². The fourth-order valence-corrected chi connectivity index (χ4v) is 10.1. The second kappa shape index (κ2) is 22.6. The number of benzene rings is 4. The number of hydrogen-bond acceptors (Lipinski definition) is 8. The molecule has 0 saturated carbocycles. The summed E-state index contributed by atoms with van der Waals surface area (Å²) in [5.41, 5.74) is 11.9. The first-order chi connectivity index (χ1) is 30.9. The molecule has 0 bridgehead atoms. The van der Waals surface area contributed by atoms with Gasteiger partial charge in [0.2, 0.25) is 5.91 Å². The van der Waals surface area contributed by atoms with Crippen molar-refractivity contribution in [1.82, 2.24) is 5.32 Å². The Labute approximate surface area is 401 Å². The van der Waals surface area contributed by atoms with E-state index in [0.717, 1.165) is 78.3 Å². The van der Waals surface area contributed by atoms with Crippen LogP contribution in [-0.2, 0) is 33.2 Å². The minimum absolute atomic E-state index is 0.0956. The first-order valence-corrected chi connectivity index (χ1v) is 24.8. The number of imide groups is 1. The van der Waals surface area contributed by atoms with Gasteiger partial charge < -0.3 is 19.7 Å². The average Bonchev–Trinajstić information content (AvgIpc) is 3.59. The van der Waals surface area contributed by atoms with Crippen molar-refractivity contribution < 1.29 is 34.1 Å². The van der Waals surface area contributed by atoms with Crippen molar-refractivity contribution in [3.05, 3.63) is 134 Å². The lowest BCUT2D eigenvalue weighted by molar-refractivity contribution is -0.118. The standard InChI is InChI=1S/C29H39NO4S.C28H40O3/c1-8-29(9-2,22-12-13-23(19(4)15-22)34-17-25(31)28(5,6)7)21-11-10-20(18(3)14-21)16-24-26(32)30-27(33)35-24;1-9-28(10-2,23-14-15-24(20(4)18-23)26(30)31-8)22-13-11-21(19(3)17-22)12-16-25(29)27(5,6)7/h10-15,24-25,31H,8-9,16-17H2,1-7H3,(H,30,32,33);11,13-15,17-18,25,29H,9-10,12,16H2,1-8H3. The summed E-state index contributed by atoms with van der Waals surface area (Å²) in [6, 6.07) is 25.8. The second-order valence-electron chi connectivity index (χ2n) is 20.6. The summed E-state index contributed by atoms with van der Waals surface area (Å²) >= 11 is 1.08. The highest BCUT2D eigenvalue weighted by Crippen LogP contribution is 2.43. The van der Waals surface area contributed by atoms with Crippen LogP contribution in [0.25, 0.3) is 0 Å². The van der Waals surface area contributed by atoms with Gasteiger partial charge in [-0.25, -0.2) is 4.79 Å². The van der Waals surface area contributed by atoms with Gasteiger partial charge in [-0.2, -0.15) is 0 Å². The van der Waals surface area contributed by atoms with E-state index in [0.29, 0.717) is 12.0 Å². The molecule has 9 heteroatoms. The molecule has 1 saturated heterocycles. The topological polar surface area (TPSA) is 122 Å². The van der Waals surface area contributed by atoms with Crippen LogP contribution in [0.1, 0.15) is 167 Å². The molecule has 1 aliphatic heterocycles. The molecule has 3 unspecified atom stereocenters. The fraction of sp³-hybridized carbons (Fsp3) is 0.526. The highest BCUT2D eigenvalue weighted by atomic mass is 32.2. The fourth-order valence-electron chi connectivity index (χ4n) is 9.24. The van der Waals surface area contributed by atoms with Gasteiger partial charge in [-0.3, -0.25) is 14.9 Å². The molecule has 1 heterocycles. The van der Waals surface area contributed by atoms with Gasteiger partial charge in [0.15, 0.2) is 0 Å². The Hall–Kier alpha value is -4.44. The summed E-state index contributed by atoms with van der Waals surface area (Å²) in [6.07, 6.45) is 5.18. The summed E-state index contributed by atoms with van der Waals surface area (Å²) in [6.45, 7) is 29.7. The number of carbonyl (C=O) groups is 3. The molecular weight excluding hydrogens is 843 g/mol. The molecule has 2 amide bonds. The molecular formula is C57H79NO7S. The Morgan fingerprint density at radius 1 is 0.652 bits per heavy atom. The highest BCUT2D eigenvalue weighted by Gasteiger charge is 2.35. The molecule has 0 spiro atoms. The van der Waals surface area contributed by atoms with Gasteiger partial charge in [0.05, 0.1) is 30.1 Å². The number of amides is 2. The van der Waals surface area contributed by atoms with Crippen molar-refractivity contribution in [1.29, 1.82) is 0 Å². The number of esters is 1. The van der Waals surface area contributed by atoms with Gasteiger partial charge in [-0.05, 0) is 151 Å². The molecule has 0 aromatic heterocycles. The van der Waals surface area contributed by atoms with Crippen molar-refractivity contribution in [2.24, 2.45) is 10.8 Å². The van der Waals surface area contributed by atoms with Crippen LogP contribution in [0.2, 0.25) is 0 Å². The van der Waals surface area contributed by atoms with Crippen LogP contribution < -0.4 is 10.1 Å². The Kier molecular flexibility index (Phi) is 18.5. The van der Waals surface area contributed by atoms with Crippen LogP contribution in [-0.4, -0.2) is 58.5 Å². The number of carbonyl (C=O) groups excluding carboxylic acids is 3. The van der Waals surface area contributed by atoms with Crippen LogP contribution >= 0.6 is 11.8 Å². The normalized spacial score (nSPS) is 15.4. The third-order valence-corrected chi connectivity index (χ3v) is 15.4. The first-order valence-electron chi connectivity index (χ1n) is 23.9. The molecule has 4 aromatic rings. The molecule has 66 heavy (non-hydrogen) atoms. The number of aryl methyl sites for hydroxylation is 5. The van der Waals surface area contributed by atoms with Crippen molar-refractivity contribution in [3.8, 4) is 5.75 Å². The molecule has 1 aliphatic rings. The van der Waals surface area contributed by atoms with Crippen molar-refractivity contribution >= 4 is 28.9 Å². The minimum Gasteiger partial charge on any atom is -0.491 e. The third-order valence-electron chi connectivity index (χ3n) is 14.4. The van der Waals surface area contributed by atoms with E-state index in [-0.39, 0.29) is 56.7 Å². The first kappa shape index (κ1) is 54.2. The van der Waals surface area contributed by atoms with E-state index in [4.69, 9.17) is 9.47 Å². The molecule has 4 aromatic carbocycles. The van der Waals surface area contributed by atoms with E-state index in [1.807, 2.05) is 39.8 Å². The number of aliphatic hydroxyl groups excluding tert-OH is 2. The minimum atomic E-state index is -0.541. The van der Waals surface area contributed by atoms with Crippen molar-refractivity contribution in [2.45, 2.75) is 170 Å². The molecule has 360 valence electrons. The van der Waals surface area contributed by atoms with E-state index >= 15 is 0 Å². The van der Waals surface area contributed by atoms with Gasteiger partial charge in [0, 0.05) is 10.8 Å². The summed E-state index contributed by atoms with van der Waals surface area (Å²) in [5.74, 6) is 0.305. The third kappa shape index (κ3) is 12.6. The van der Waals surface area contributed by atoms with Gasteiger partial charge >= 0.3 is 5.97 Å². The molecule has 3 atom stereocenters. The SMILES string of the molecule is CCC(CC)(c1ccc(CC2SC(=O)NC2=O)c(C)c1)c1ccc(OCC(O)C(C)(C)C)c(C)c1.CCC(CC)(c1ccc(CCC(O)C(C)(C)C)c(C)c1)c1ccc(C(=O)OC)c(C)c1. The van der Waals surface area contributed by atoms with Crippen LogP contribution in [0.5, 0.6) is 5.75 Å². The Morgan fingerprint density at radius 3 is 1.52 bits per heavy atom. The molecule has 1 fully saturated rings. The summed E-state index contributed by atoms with van der Waals surface area (Å²) in [4.78, 5) is 35.6. The number of hydrogen-bond donors (Lipinski definition) is 3. The maximum absolute atomic E-state index is 12.0. The lowest BCUT2D eigenvalue weighted by Crippen LogP contribution is -2.32. The van der Waals surface area contributed by atoms with E-state index < -0.39 is 6.10 Å². The molecule has 3 N–H and O–H groups in total. The molecule has 0 radical (unpaired) electrons. The van der Waals surface area contributed by atoms with E-state index in [1.165, 1.54) is 40.5 Å². The maximum atomic E-state index is 12.0. The zero-order valence-electron chi connectivity index (χ0n) is 42.7. The number of rotatable bonds is 17. The molecule has 0 aliphatic carbocycles. The van der Waals surface area contributed by atoms with Gasteiger partial charge in [0.25, 0.3) is 5.24 Å². The predicted molar refractivity (Wildman–Crippen MR) is 272 cm³/mol. The zero-order chi connectivity index (χ0) is 49.4. The number of nitrogens with one attached hydrogen (secondary N) is 1. The van der Waals surface area contributed by atoms with E-state index in [1.54, 1.807) is 0 Å². The quantitative estimate of drug-likeness (QED) is 0.0895. The van der Waals surface area contributed by atoms with E-state index in [9.17, 15) is 24.6 Å². The van der Waals surface area contributed by atoms with Crippen molar-refractivity contribution in [3.63, 3.8) is 0 Å². The summed E-state index contributed by atoms with van der Waals surface area (Å²) in [5, 5.41) is 22.5. The lowest BCUT2D eigenvalue weighted by Gasteiger charge is -2.34. The lowest BCUT2D eigenvalue weighted by atomic mass is 9.69. The highest BCUT2D eigenvalue weighted by molar-refractivity contribution is 8.15. The number of aliphatic hydroxyl groups is 2. The average molecular weight is 922 g/mol. The summed E-state index contributed by atoms with van der Waals surface area (Å²) in [7, 11) is 1.42. The molecule has 5 rings (SSSR count). The van der Waals surface area contributed by atoms with Crippen LogP contribution in [0, 0.1) is 38.5 Å². The largest absolute Gasteiger partial charge is 0.491 e. The maximum Gasteiger partial charge on any atom is 0.338 e. The predicted octanol–water partition coefficient (Wildman–Crippen LogP) is 12.6.